The molecular formula is C49H49FIrN4O-2. The fraction of sp³-hybridized carbons (Fsp3) is 0.286. The van der Waals surface area contributed by atoms with Crippen molar-refractivity contribution in [2.75, 3.05) is 0 Å². The average Bonchev–Trinajstić information content (AvgIpc) is 3.76. The Balaban J connectivity index is 0.000000227. The van der Waals surface area contributed by atoms with E-state index in [9.17, 15) is 4.39 Å². The number of hydrogen-bond donors (Lipinski definition) is 0. The van der Waals surface area contributed by atoms with Crippen LogP contribution < -0.4 is 0 Å². The second-order valence-corrected chi connectivity index (χ2v) is 16.0. The molecule has 0 aliphatic rings. The number of furan rings is 1. The first-order valence-electron chi connectivity index (χ1n) is 20.4. The van der Waals surface area contributed by atoms with E-state index in [1.54, 1.807) is 12.3 Å². The quantitative estimate of drug-likeness (QED) is 0.161. The normalized spacial score (nSPS) is 12.8. The molecule has 0 saturated carbocycles. The van der Waals surface area contributed by atoms with Gasteiger partial charge in [0.1, 0.15) is 5.58 Å². The van der Waals surface area contributed by atoms with E-state index in [2.05, 4.69) is 127 Å². The van der Waals surface area contributed by atoms with Crippen molar-refractivity contribution in [3.05, 3.63) is 142 Å². The number of benzene rings is 4. The van der Waals surface area contributed by atoms with E-state index in [0.29, 0.717) is 17.5 Å². The number of nitrogens with zero attached hydrogens (tertiary/aromatic N) is 4. The Hall–Kier alpha value is -4.97. The van der Waals surface area contributed by atoms with E-state index < -0.39 is 12.7 Å². The van der Waals surface area contributed by atoms with Crippen molar-refractivity contribution in [1.82, 2.24) is 19.5 Å². The summed E-state index contributed by atoms with van der Waals surface area (Å²) in [6.45, 7) is 19.2. The minimum absolute atomic E-state index is 0. The van der Waals surface area contributed by atoms with Gasteiger partial charge in [0.2, 0.25) is 0 Å². The molecule has 1 radical (unpaired) electrons. The van der Waals surface area contributed by atoms with Crippen molar-refractivity contribution < 1.29 is 33.0 Å². The largest absolute Gasteiger partial charge is 0.501 e. The van der Waals surface area contributed by atoms with Gasteiger partial charge in [-0.3, -0.25) is 14.4 Å². The number of rotatable bonds is 5. The average molecular weight is 924 g/mol. The van der Waals surface area contributed by atoms with Crippen molar-refractivity contribution in [1.29, 1.82) is 0 Å². The molecule has 56 heavy (non-hydrogen) atoms. The molecule has 7 heteroatoms. The molecule has 0 N–H and O–H groups in total. The van der Waals surface area contributed by atoms with Crippen LogP contribution in [0.4, 0.5) is 4.39 Å². The summed E-state index contributed by atoms with van der Waals surface area (Å²) in [6, 6.07) is 31.1. The Morgan fingerprint density at radius 3 is 2.16 bits per heavy atom. The van der Waals surface area contributed by atoms with Crippen LogP contribution in [0.1, 0.15) is 104 Å². The van der Waals surface area contributed by atoms with Crippen molar-refractivity contribution in [2.24, 2.45) is 0 Å². The summed E-state index contributed by atoms with van der Waals surface area (Å²) < 4.78 is 44.7. The van der Waals surface area contributed by atoms with Crippen LogP contribution in [0.2, 0.25) is 0 Å². The zero-order chi connectivity index (χ0) is 41.8. The van der Waals surface area contributed by atoms with E-state index in [0.717, 1.165) is 72.9 Å². The molecule has 289 valence electrons. The number of imidazole rings is 1. The Labute approximate surface area is 348 Å². The fourth-order valence-electron chi connectivity index (χ4n) is 7.24. The van der Waals surface area contributed by atoms with Crippen LogP contribution in [0.3, 0.4) is 0 Å². The van der Waals surface area contributed by atoms with Gasteiger partial charge in [-0.2, -0.15) is 0 Å². The van der Waals surface area contributed by atoms with Crippen LogP contribution in [-0.4, -0.2) is 19.5 Å². The molecule has 0 aliphatic carbocycles. The number of aromatic nitrogens is 4. The molecule has 8 rings (SSSR count). The van der Waals surface area contributed by atoms with E-state index in [1.807, 2.05) is 24.3 Å². The van der Waals surface area contributed by atoms with Gasteiger partial charge in [0.25, 0.3) is 0 Å². The van der Waals surface area contributed by atoms with Gasteiger partial charge in [-0.25, -0.2) is 0 Å². The molecule has 4 aromatic carbocycles. The Morgan fingerprint density at radius 2 is 1.54 bits per heavy atom. The van der Waals surface area contributed by atoms with Gasteiger partial charge < -0.3 is 14.0 Å². The maximum Gasteiger partial charge on any atom is 0.120 e. The smallest absolute Gasteiger partial charge is 0.120 e. The zero-order valence-corrected chi connectivity index (χ0v) is 36.0. The topological polar surface area (TPSA) is 56.7 Å². The number of para-hydroxylation sites is 2. The van der Waals surface area contributed by atoms with Crippen molar-refractivity contribution in [3.63, 3.8) is 0 Å². The van der Waals surface area contributed by atoms with Gasteiger partial charge in [0.05, 0.1) is 28.1 Å². The van der Waals surface area contributed by atoms with Crippen LogP contribution in [-0.2, 0) is 25.5 Å². The van der Waals surface area contributed by atoms with Crippen LogP contribution in [0.25, 0.3) is 61.3 Å². The molecule has 4 aromatic heterocycles. The maximum absolute atomic E-state index is 14.1. The minimum Gasteiger partial charge on any atom is -0.501 e. The van der Waals surface area contributed by atoms with Crippen LogP contribution in [0, 0.1) is 45.6 Å². The first-order valence-corrected chi connectivity index (χ1v) is 18.9. The SMILES string of the molecule is Cc1nc(C)c2nc(-c3[c-]ccc4c3oc3ccccc34)n(-c3c(C(C)C)cccc3C(C)C)c2c1C.[2H]C([2H])([2H])c1c[c-]c(-c2ccc(C(C)(C)C)cn2)c(F)c1.[Ir]. The van der Waals surface area contributed by atoms with E-state index in [1.165, 1.54) is 22.9 Å². The molecule has 0 unspecified atom stereocenters. The van der Waals surface area contributed by atoms with Gasteiger partial charge in [0, 0.05) is 53.0 Å². The summed E-state index contributed by atoms with van der Waals surface area (Å²) in [7, 11) is 0. The third kappa shape index (κ3) is 7.47. The van der Waals surface area contributed by atoms with Crippen LogP contribution >= 0.6 is 0 Å². The Bertz CT molecular complexity index is 2790. The maximum atomic E-state index is 14.1. The first-order chi connectivity index (χ1) is 27.4. The number of hydrogen-bond acceptors (Lipinski definition) is 4. The van der Waals surface area contributed by atoms with E-state index in [-0.39, 0.29) is 36.6 Å². The number of pyridine rings is 2. The van der Waals surface area contributed by atoms with E-state index in [4.69, 9.17) is 18.5 Å². The Kier molecular flexibility index (Phi) is 10.4. The summed E-state index contributed by atoms with van der Waals surface area (Å²) in [5.41, 5.74) is 13.1. The summed E-state index contributed by atoms with van der Waals surface area (Å²) in [5, 5.41) is 2.18. The van der Waals surface area contributed by atoms with Gasteiger partial charge in [-0.15, -0.1) is 42.0 Å². The predicted molar refractivity (Wildman–Crippen MR) is 225 cm³/mol. The van der Waals surface area contributed by atoms with Gasteiger partial charge in [0.15, 0.2) is 0 Å². The van der Waals surface area contributed by atoms with E-state index >= 15 is 0 Å². The molecular weight excluding hydrogens is 872 g/mol. The second-order valence-electron chi connectivity index (χ2n) is 16.0. The monoisotopic (exact) mass is 924 g/mol. The molecule has 0 aliphatic heterocycles. The molecule has 0 spiro atoms. The summed E-state index contributed by atoms with van der Waals surface area (Å²) in [5.74, 6) is 0.900. The number of halogens is 1. The molecule has 0 fully saturated rings. The molecule has 0 atom stereocenters. The first kappa shape index (κ1) is 36.7. The molecule has 0 amide bonds. The van der Waals surface area contributed by atoms with Gasteiger partial charge in [-0.05, 0) is 72.0 Å². The second kappa shape index (κ2) is 15.9. The Morgan fingerprint density at radius 1 is 0.821 bits per heavy atom. The molecule has 5 nitrogen and oxygen atoms in total. The summed E-state index contributed by atoms with van der Waals surface area (Å²) >= 11 is 0. The molecule has 0 saturated heterocycles. The van der Waals surface area contributed by atoms with Crippen molar-refractivity contribution >= 4 is 33.0 Å². The fourth-order valence-corrected chi connectivity index (χ4v) is 7.24. The third-order valence-corrected chi connectivity index (χ3v) is 10.4. The molecule has 8 aromatic rings. The summed E-state index contributed by atoms with van der Waals surface area (Å²) in [4.78, 5) is 14.4. The van der Waals surface area contributed by atoms with Crippen LogP contribution in [0.5, 0.6) is 0 Å². The zero-order valence-electron chi connectivity index (χ0n) is 36.6. The third-order valence-electron chi connectivity index (χ3n) is 10.4. The van der Waals surface area contributed by atoms with Gasteiger partial charge in [-0.1, -0.05) is 120 Å². The molecule has 4 heterocycles. The summed E-state index contributed by atoms with van der Waals surface area (Å²) in [6.07, 6.45) is 1.71. The number of aryl methyl sites for hydroxylation is 4. The van der Waals surface area contributed by atoms with Gasteiger partial charge >= 0.3 is 0 Å². The standard InChI is InChI=1S/C33H32N3O.C16H17FN.Ir/c1-18(2)23-13-10-14-24(19(3)4)31(23)36-30-20(5)21(6)34-22(7)29(30)35-33(36)27-16-11-15-26-25-12-8-9-17-28(25)37-32(26)27;1-11-5-7-13(14(17)9-11)15-8-6-12(10-18-15)16(2,3)4;/h8-15,17-19H,1-7H3;5-6,8-10H,1-4H3;/q2*-1;/i;1D3;. The van der Waals surface area contributed by atoms with Crippen molar-refractivity contribution in [3.8, 4) is 28.3 Å². The molecule has 0 bridgehead atoms. The number of fused-ring (bicyclic) bond motifs is 4. The van der Waals surface area contributed by atoms with Crippen LogP contribution in [0.15, 0.2) is 89.5 Å². The minimum atomic E-state index is -2.33. The van der Waals surface area contributed by atoms with Crippen molar-refractivity contribution in [2.45, 2.75) is 93.3 Å². The predicted octanol–water partition coefficient (Wildman–Crippen LogP) is 13.3.